The van der Waals surface area contributed by atoms with Crippen molar-refractivity contribution in [3.8, 4) is 0 Å². The number of hydrogen-bond acceptors (Lipinski definition) is 5. The van der Waals surface area contributed by atoms with Crippen molar-refractivity contribution in [2.75, 3.05) is 17.2 Å². The van der Waals surface area contributed by atoms with Gasteiger partial charge in [-0.1, -0.05) is 31.2 Å². The lowest BCUT2D eigenvalue weighted by Gasteiger charge is -2.11. The zero-order valence-corrected chi connectivity index (χ0v) is 16.4. The number of anilines is 3. The minimum Gasteiger partial charge on any atom is -0.462 e. The van der Waals surface area contributed by atoms with Crippen molar-refractivity contribution in [1.29, 1.82) is 0 Å². The molecular formula is C23H23N3O3. The molecule has 0 fully saturated rings. The first-order valence-corrected chi connectivity index (χ1v) is 9.50. The zero-order valence-electron chi connectivity index (χ0n) is 16.4. The van der Waals surface area contributed by atoms with Gasteiger partial charge >= 0.3 is 5.97 Å². The third-order valence-electron chi connectivity index (χ3n) is 4.31. The Morgan fingerprint density at radius 3 is 2.45 bits per heavy atom. The van der Waals surface area contributed by atoms with Crippen LogP contribution in [-0.4, -0.2) is 23.5 Å². The molecule has 0 unspecified atom stereocenters. The number of rotatable bonds is 7. The minimum absolute atomic E-state index is 0.235. The lowest BCUT2D eigenvalue weighted by molar-refractivity contribution is 0.0527. The molecule has 0 aliphatic rings. The van der Waals surface area contributed by atoms with E-state index in [0.717, 1.165) is 17.8 Å². The number of hydrogen-bond donors (Lipinski definition) is 2. The Hall–Kier alpha value is -3.67. The molecule has 6 heteroatoms. The van der Waals surface area contributed by atoms with Gasteiger partial charge in [0.1, 0.15) is 5.69 Å². The average Bonchev–Trinajstić information content (AvgIpc) is 2.75. The van der Waals surface area contributed by atoms with Crippen molar-refractivity contribution >= 4 is 28.9 Å². The average molecular weight is 389 g/mol. The second-order valence-electron chi connectivity index (χ2n) is 6.33. The van der Waals surface area contributed by atoms with Crippen LogP contribution in [-0.2, 0) is 11.2 Å². The van der Waals surface area contributed by atoms with Crippen molar-refractivity contribution in [3.05, 3.63) is 83.7 Å². The molecule has 2 N–H and O–H groups in total. The maximum atomic E-state index is 12.7. The fourth-order valence-corrected chi connectivity index (χ4v) is 2.79. The normalized spacial score (nSPS) is 10.3. The molecule has 0 bridgehead atoms. The number of benzene rings is 2. The summed E-state index contributed by atoms with van der Waals surface area (Å²) in [5.74, 6) is -0.894. The number of para-hydroxylation sites is 1. The number of esters is 1. The molecule has 1 aromatic heterocycles. The monoisotopic (exact) mass is 389 g/mol. The van der Waals surface area contributed by atoms with Crippen LogP contribution in [0.2, 0.25) is 0 Å². The first-order chi connectivity index (χ1) is 14.1. The van der Waals surface area contributed by atoms with E-state index in [2.05, 4.69) is 34.7 Å². The summed E-state index contributed by atoms with van der Waals surface area (Å²) in [6, 6.07) is 18.3. The van der Waals surface area contributed by atoms with Gasteiger partial charge in [0.2, 0.25) is 0 Å². The molecule has 1 heterocycles. The molecule has 29 heavy (non-hydrogen) atoms. The number of ether oxygens (including phenoxy) is 1. The van der Waals surface area contributed by atoms with Gasteiger partial charge < -0.3 is 15.4 Å². The Kier molecular flexibility index (Phi) is 6.58. The second kappa shape index (κ2) is 9.50. The van der Waals surface area contributed by atoms with E-state index in [1.54, 1.807) is 49.5 Å². The van der Waals surface area contributed by atoms with Crippen LogP contribution in [0.1, 0.15) is 40.3 Å². The smallest absolute Gasteiger partial charge is 0.340 e. The number of nitrogens with one attached hydrogen (secondary N) is 2. The Morgan fingerprint density at radius 1 is 0.966 bits per heavy atom. The highest BCUT2D eigenvalue weighted by Crippen LogP contribution is 2.20. The molecule has 0 saturated heterocycles. The van der Waals surface area contributed by atoms with Crippen LogP contribution in [0.25, 0.3) is 0 Å². The molecule has 6 nitrogen and oxygen atoms in total. The molecule has 0 aliphatic carbocycles. The third kappa shape index (κ3) is 5.19. The summed E-state index contributed by atoms with van der Waals surface area (Å²) in [6.45, 7) is 4.10. The summed E-state index contributed by atoms with van der Waals surface area (Å²) in [6.07, 6.45) is 2.54. The first-order valence-electron chi connectivity index (χ1n) is 9.50. The van der Waals surface area contributed by atoms with Crippen LogP contribution in [0, 0.1) is 0 Å². The molecule has 3 rings (SSSR count). The van der Waals surface area contributed by atoms with Gasteiger partial charge in [-0.2, -0.15) is 0 Å². The van der Waals surface area contributed by atoms with E-state index in [1.807, 2.05) is 12.1 Å². The molecule has 0 radical (unpaired) electrons. The molecule has 2 aromatic carbocycles. The quantitative estimate of drug-likeness (QED) is 0.567. The van der Waals surface area contributed by atoms with Crippen molar-refractivity contribution in [2.24, 2.45) is 0 Å². The number of pyridine rings is 1. The highest BCUT2D eigenvalue weighted by molar-refractivity contribution is 6.07. The Labute approximate surface area is 169 Å². The Morgan fingerprint density at radius 2 is 1.72 bits per heavy atom. The van der Waals surface area contributed by atoms with E-state index < -0.39 is 11.9 Å². The van der Waals surface area contributed by atoms with Gasteiger partial charge in [0.25, 0.3) is 5.91 Å². The number of aromatic nitrogens is 1. The van der Waals surface area contributed by atoms with E-state index in [9.17, 15) is 9.59 Å². The van der Waals surface area contributed by atoms with Gasteiger partial charge in [0.05, 0.1) is 17.9 Å². The summed E-state index contributed by atoms with van der Waals surface area (Å²) >= 11 is 0. The molecule has 3 aromatic rings. The van der Waals surface area contributed by atoms with Crippen LogP contribution >= 0.6 is 0 Å². The largest absolute Gasteiger partial charge is 0.462 e. The summed E-state index contributed by atoms with van der Waals surface area (Å²) in [5, 5.41) is 6.01. The van der Waals surface area contributed by atoms with Crippen molar-refractivity contribution in [2.45, 2.75) is 20.3 Å². The van der Waals surface area contributed by atoms with E-state index in [4.69, 9.17) is 4.74 Å². The van der Waals surface area contributed by atoms with Crippen LogP contribution in [0.15, 0.2) is 66.9 Å². The van der Waals surface area contributed by atoms with Crippen LogP contribution in [0.5, 0.6) is 0 Å². The predicted octanol–water partition coefficient (Wildman–Crippen LogP) is 4.82. The standard InChI is InChI=1S/C23H23N3O3/c1-3-16-9-11-17(12-10-16)25-18-13-14-24-21(15-18)22(27)26-20-8-6-5-7-19(20)23(28)29-4-2/h5-15H,3-4H2,1-2H3,(H,24,25)(H,26,27). The van der Waals surface area contributed by atoms with Gasteiger partial charge in [0.15, 0.2) is 0 Å². The molecule has 0 aliphatic heterocycles. The van der Waals surface area contributed by atoms with Crippen LogP contribution in [0.4, 0.5) is 17.1 Å². The van der Waals surface area contributed by atoms with Gasteiger partial charge in [-0.15, -0.1) is 0 Å². The minimum atomic E-state index is -0.484. The summed E-state index contributed by atoms with van der Waals surface area (Å²) in [7, 11) is 0. The van der Waals surface area contributed by atoms with E-state index in [0.29, 0.717) is 11.3 Å². The van der Waals surface area contributed by atoms with Crippen molar-refractivity contribution < 1.29 is 14.3 Å². The van der Waals surface area contributed by atoms with Gasteiger partial charge in [-0.05, 0) is 55.3 Å². The SMILES string of the molecule is CCOC(=O)c1ccccc1NC(=O)c1cc(Nc2ccc(CC)cc2)ccn1. The Balaban J connectivity index is 1.75. The van der Waals surface area contributed by atoms with Crippen molar-refractivity contribution in [3.63, 3.8) is 0 Å². The molecule has 148 valence electrons. The zero-order chi connectivity index (χ0) is 20.6. The van der Waals surface area contributed by atoms with Gasteiger partial charge in [-0.3, -0.25) is 9.78 Å². The fourth-order valence-electron chi connectivity index (χ4n) is 2.79. The fraction of sp³-hybridized carbons (Fsp3) is 0.174. The van der Waals surface area contributed by atoms with Crippen LogP contribution < -0.4 is 10.6 Å². The summed E-state index contributed by atoms with van der Waals surface area (Å²) < 4.78 is 5.04. The third-order valence-corrected chi connectivity index (χ3v) is 4.31. The van der Waals surface area contributed by atoms with E-state index in [1.165, 1.54) is 5.56 Å². The maximum absolute atomic E-state index is 12.7. The number of amides is 1. The second-order valence-corrected chi connectivity index (χ2v) is 6.33. The van der Waals surface area contributed by atoms with Gasteiger partial charge in [0, 0.05) is 17.6 Å². The summed E-state index contributed by atoms with van der Waals surface area (Å²) in [5.41, 5.74) is 3.84. The topological polar surface area (TPSA) is 80.3 Å². The van der Waals surface area contributed by atoms with Gasteiger partial charge in [-0.25, -0.2) is 4.79 Å². The predicted molar refractivity (Wildman–Crippen MR) is 114 cm³/mol. The lowest BCUT2D eigenvalue weighted by atomic mass is 10.1. The Bertz CT molecular complexity index is 1000. The first kappa shape index (κ1) is 20.1. The molecule has 1 amide bonds. The van der Waals surface area contributed by atoms with Crippen molar-refractivity contribution in [1.82, 2.24) is 4.98 Å². The molecule has 0 spiro atoms. The molecule has 0 atom stereocenters. The summed E-state index contributed by atoms with van der Waals surface area (Å²) in [4.78, 5) is 28.9. The lowest BCUT2D eigenvalue weighted by Crippen LogP contribution is -2.17. The maximum Gasteiger partial charge on any atom is 0.340 e. The highest BCUT2D eigenvalue weighted by Gasteiger charge is 2.15. The van der Waals surface area contributed by atoms with E-state index >= 15 is 0 Å². The number of carbonyl (C=O) groups excluding carboxylic acids is 2. The van der Waals surface area contributed by atoms with Crippen LogP contribution in [0.3, 0.4) is 0 Å². The molecule has 0 saturated carbocycles. The molecular weight excluding hydrogens is 366 g/mol. The number of carbonyl (C=O) groups is 2. The number of aryl methyl sites for hydroxylation is 1. The van der Waals surface area contributed by atoms with E-state index in [-0.39, 0.29) is 12.3 Å². The number of nitrogens with zero attached hydrogens (tertiary/aromatic N) is 1. The highest BCUT2D eigenvalue weighted by atomic mass is 16.5.